The van der Waals surface area contributed by atoms with Gasteiger partial charge in [-0.2, -0.15) is 0 Å². The smallest absolute Gasteiger partial charge is 0.129 e. The Balaban J connectivity index is 2.21. The molecule has 0 aliphatic heterocycles. The molecule has 0 radical (unpaired) electrons. The summed E-state index contributed by atoms with van der Waals surface area (Å²) < 4.78 is 0. The van der Waals surface area contributed by atoms with Crippen LogP contribution in [0, 0.1) is 6.92 Å². The Morgan fingerprint density at radius 1 is 1.24 bits per heavy atom. The summed E-state index contributed by atoms with van der Waals surface area (Å²) in [5, 5.41) is 3.37. The highest BCUT2D eigenvalue weighted by atomic mass is 15.0. The van der Waals surface area contributed by atoms with E-state index in [1.54, 1.807) is 12.5 Å². The average Bonchev–Trinajstić information content (AvgIpc) is 2.38. The average molecular weight is 228 g/mol. The summed E-state index contributed by atoms with van der Waals surface area (Å²) in [5.74, 6) is 0.830. The normalized spacial score (nSPS) is 12.1. The third-order valence-electron chi connectivity index (χ3n) is 2.69. The number of hydrogen-bond donors (Lipinski definition) is 1. The zero-order valence-corrected chi connectivity index (χ0v) is 10.1. The fraction of sp³-hybridized carbons (Fsp3) is 0.308. The molecule has 17 heavy (non-hydrogen) atoms. The van der Waals surface area contributed by atoms with E-state index in [1.165, 1.54) is 5.56 Å². The lowest BCUT2D eigenvalue weighted by atomic mass is 10.1. The molecule has 0 spiro atoms. The molecule has 2 rings (SSSR count). The zero-order chi connectivity index (χ0) is 12.1. The maximum Gasteiger partial charge on any atom is 0.129 e. The van der Waals surface area contributed by atoms with Gasteiger partial charge in [0.25, 0.3) is 0 Å². The predicted octanol–water partition coefficient (Wildman–Crippen LogP) is 2.74. The molecule has 2 aromatic rings. The van der Waals surface area contributed by atoms with Crippen LogP contribution in [-0.4, -0.2) is 15.0 Å². The van der Waals surface area contributed by atoms with E-state index in [9.17, 15) is 0 Å². The predicted molar refractivity (Wildman–Crippen MR) is 67.7 cm³/mol. The molecule has 0 aliphatic carbocycles. The number of rotatable bonds is 4. The SMILES string of the molecule is CC[C@H](Nc1ccncn1)c1ncccc1C. The summed E-state index contributed by atoms with van der Waals surface area (Å²) in [6.07, 6.45) is 6.06. The Morgan fingerprint density at radius 3 is 2.76 bits per heavy atom. The van der Waals surface area contributed by atoms with Crippen LogP contribution in [0.1, 0.15) is 30.6 Å². The molecule has 0 bridgehead atoms. The van der Waals surface area contributed by atoms with Crippen LogP contribution in [-0.2, 0) is 0 Å². The van der Waals surface area contributed by atoms with Gasteiger partial charge < -0.3 is 5.32 Å². The minimum absolute atomic E-state index is 0.186. The van der Waals surface area contributed by atoms with Crippen molar-refractivity contribution in [2.45, 2.75) is 26.3 Å². The van der Waals surface area contributed by atoms with E-state index in [1.807, 2.05) is 18.3 Å². The van der Waals surface area contributed by atoms with Crippen molar-refractivity contribution in [1.29, 1.82) is 0 Å². The highest BCUT2D eigenvalue weighted by Crippen LogP contribution is 2.21. The Labute approximate surface area is 101 Å². The molecule has 0 saturated carbocycles. The number of aryl methyl sites for hydroxylation is 1. The molecule has 1 N–H and O–H groups in total. The number of hydrogen-bond acceptors (Lipinski definition) is 4. The number of pyridine rings is 1. The summed E-state index contributed by atoms with van der Waals surface area (Å²) in [5.41, 5.74) is 2.27. The van der Waals surface area contributed by atoms with Crippen molar-refractivity contribution in [2.75, 3.05) is 5.32 Å². The van der Waals surface area contributed by atoms with Gasteiger partial charge in [-0.05, 0) is 31.0 Å². The number of aromatic nitrogens is 3. The van der Waals surface area contributed by atoms with Gasteiger partial charge in [-0.25, -0.2) is 9.97 Å². The van der Waals surface area contributed by atoms with Crippen LogP contribution in [0.2, 0.25) is 0 Å². The molecule has 0 aromatic carbocycles. The first kappa shape index (κ1) is 11.5. The first-order chi connectivity index (χ1) is 8.31. The standard InChI is InChI=1S/C13H16N4/c1-3-11(13-10(2)5-4-7-15-13)17-12-6-8-14-9-16-12/h4-9,11H,3H2,1-2H3,(H,14,16,17)/t11-/m0/s1. The monoisotopic (exact) mass is 228 g/mol. The van der Waals surface area contributed by atoms with Crippen LogP contribution >= 0.6 is 0 Å². The lowest BCUT2D eigenvalue weighted by molar-refractivity contribution is 0.712. The summed E-state index contributed by atoms with van der Waals surface area (Å²) in [7, 11) is 0. The molecule has 0 fully saturated rings. The molecule has 2 heterocycles. The van der Waals surface area contributed by atoms with Crippen molar-refractivity contribution in [2.24, 2.45) is 0 Å². The fourth-order valence-electron chi connectivity index (χ4n) is 1.78. The van der Waals surface area contributed by atoms with Crippen molar-refractivity contribution in [3.8, 4) is 0 Å². The highest BCUT2D eigenvalue weighted by molar-refractivity contribution is 5.36. The van der Waals surface area contributed by atoms with Crippen LogP contribution in [0.3, 0.4) is 0 Å². The van der Waals surface area contributed by atoms with Crippen LogP contribution < -0.4 is 5.32 Å². The van der Waals surface area contributed by atoms with Crippen molar-refractivity contribution in [3.63, 3.8) is 0 Å². The Morgan fingerprint density at radius 2 is 2.12 bits per heavy atom. The second kappa shape index (κ2) is 5.39. The second-order valence-electron chi connectivity index (χ2n) is 3.91. The Bertz CT molecular complexity index is 470. The minimum Gasteiger partial charge on any atom is -0.362 e. The Kier molecular flexibility index (Phi) is 3.65. The van der Waals surface area contributed by atoms with Crippen LogP contribution in [0.15, 0.2) is 36.9 Å². The molecule has 88 valence electrons. The summed E-state index contributed by atoms with van der Waals surface area (Å²) in [4.78, 5) is 12.5. The quantitative estimate of drug-likeness (QED) is 0.874. The van der Waals surface area contributed by atoms with Crippen LogP contribution in [0.4, 0.5) is 5.82 Å². The molecule has 0 amide bonds. The zero-order valence-electron chi connectivity index (χ0n) is 10.1. The molecular weight excluding hydrogens is 212 g/mol. The fourth-order valence-corrected chi connectivity index (χ4v) is 1.78. The van der Waals surface area contributed by atoms with Gasteiger partial charge in [0.2, 0.25) is 0 Å². The maximum absolute atomic E-state index is 4.44. The van der Waals surface area contributed by atoms with Crippen LogP contribution in [0.25, 0.3) is 0 Å². The van der Waals surface area contributed by atoms with E-state index in [4.69, 9.17) is 0 Å². The summed E-state index contributed by atoms with van der Waals surface area (Å²) in [6, 6.07) is 6.08. The number of nitrogens with one attached hydrogen (secondary N) is 1. The number of anilines is 1. The maximum atomic E-state index is 4.44. The van der Waals surface area contributed by atoms with Crippen molar-refractivity contribution < 1.29 is 0 Å². The van der Waals surface area contributed by atoms with Crippen molar-refractivity contribution in [1.82, 2.24) is 15.0 Å². The minimum atomic E-state index is 0.186. The van der Waals surface area contributed by atoms with E-state index in [0.717, 1.165) is 17.9 Å². The molecule has 2 aromatic heterocycles. The van der Waals surface area contributed by atoms with E-state index >= 15 is 0 Å². The second-order valence-corrected chi connectivity index (χ2v) is 3.91. The van der Waals surface area contributed by atoms with E-state index in [-0.39, 0.29) is 6.04 Å². The highest BCUT2D eigenvalue weighted by Gasteiger charge is 2.12. The van der Waals surface area contributed by atoms with E-state index < -0.39 is 0 Å². The molecule has 0 unspecified atom stereocenters. The molecular formula is C13H16N4. The van der Waals surface area contributed by atoms with Gasteiger partial charge in [-0.3, -0.25) is 4.98 Å². The van der Waals surface area contributed by atoms with Crippen LogP contribution in [0.5, 0.6) is 0 Å². The topological polar surface area (TPSA) is 50.7 Å². The van der Waals surface area contributed by atoms with Gasteiger partial charge in [0.05, 0.1) is 11.7 Å². The van der Waals surface area contributed by atoms with Gasteiger partial charge in [-0.1, -0.05) is 13.0 Å². The van der Waals surface area contributed by atoms with E-state index in [0.29, 0.717) is 0 Å². The van der Waals surface area contributed by atoms with Gasteiger partial charge in [-0.15, -0.1) is 0 Å². The van der Waals surface area contributed by atoms with Gasteiger partial charge in [0, 0.05) is 12.4 Å². The lowest BCUT2D eigenvalue weighted by Gasteiger charge is -2.18. The first-order valence-electron chi connectivity index (χ1n) is 5.75. The van der Waals surface area contributed by atoms with Gasteiger partial charge >= 0.3 is 0 Å². The largest absolute Gasteiger partial charge is 0.362 e. The van der Waals surface area contributed by atoms with Crippen molar-refractivity contribution in [3.05, 3.63) is 48.2 Å². The van der Waals surface area contributed by atoms with Crippen molar-refractivity contribution >= 4 is 5.82 Å². The molecule has 4 nitrogen and oxygen atoms in total. The molecule has 1 atom stereocenters. The molecule has 0 aliphatic rings. The third kappa shape index (κ3) is 2.78. The van der Waals surface area contributed by atoms with Gasteiger partial charge in [0.15, 0.2) is 0 Å². The van der Waals surface area contributed by atoms with E-state index in [2.05, 4.69) is 40.2 Å². The molecule has 0 saturated heterocycles. The molecule has 4 heteroatoms. The summed E-state index contributed by atoms with van der Waals surface area (Å²) >= 11 is 0. The van der Waals surface area contributed by atoms with Gasteiger partial charge in [0.1, 0.15) is 12.1 Å². The lowest BCUT2D eigenvalue weighted by Crippen LogP contribution is -2.13. The first-order valence-corrected chi connectivity index (χ1v) is 5.75. The Hall–Kier alpha value is -1.97. The third-order valence-corrected chi connectivity index (χ3v) is 2.69. The summed E-state index contributed by atoms with van der Waals surface area (Å²) in [6.45, 7) is 4.21. The number of nitrogens with zero attached hydrogens (tertiary/aromatic N) is 3.